The van der Waals surface area contributed by atoms with E-state index < -0.39 is 18.0 Å². The Morgan fingerprint density at radius 2 is 1.80 bits per heavy atom. The third-order valence-corrected chi connectivity index (χ3v) is 5.19. The maximum absolute atomic E-state index is 11.8. The van der Waals surface area contributed by atoms with Gasteiger partial charge in [-0.05, 0) is 31.4 Å². The normalized spacial score (nSPS) is 13.1. The highest BCUT2D eigenvalue weighted by molar-refractivity contribution is 8.00. The average Bonchev–Trinajstić information content (AvgIpc) is 2.39. The van der Waals surface area contributed by atoms with E-state index in [1.165, 1.54) is 0 Å². The van der Waals surface area contributed by atoms with E-state index in [1.54, 1.807) is 11.8 Å². The maximum atomic E-state index is 11.8. The lowest BCUT2D eigenvalue weighted by molar-refractivity contribution is -0.139. The van der Waals surface area contributed by atoms with Gasteiger partial charge in [-0.15, -0.1) is 0 Å². The largest absolute Gasteiger partial charge is 0.480 e. The predicted octanol–water partition coefficient (Wildman–Crippen LogP) is 2.71. The molecule has 5 nitrogen and oxygen atoms in total. The van der Waals surface area contributed by atoms with Crippen LogP contribution in [0.2, 0.25) is 0 Å². The Morgan fingerprint density at radius 1 is 1.25 bits per heavy atom. The number of rotatable bonds is 9. The van der Waals surface area contributed by atoms with E-state index in [4.69, 9.17) is 5.11 Å². The van der Waals surface area contributed by atoms with E-state index in [9.17, 15) is 9.59 Å². The Labute approximate surface area is 126 Å². The summed E-state index contributed by atoms with van der Waals surface area (Å²) in [6, 6.07) is -1.24. The Balaban J connectivity index is 4.43. The summed E-state index contributed by atoms with van der Waals surface area (Å²) in [6.07, 6.45) is 4.38. The lowest BCUT2D eigenvalue weighted by Gasteiger charge is -2.30. The van der Waals surface area contributed by atoms with Crippen molar-refractivity contribution in [1.29, 1.82) is 0 Å². The van der Waals surface area contributed by atoms with Crippen molar-refractivity contribution in [3.05, 3.63) is 0 Å². The van der Waals surface area contributed by atoms with Gasteiger partial charge >= 0.3 is 12.0 Å². The molecule has 0 aromatic rings. The van der Waals surface area contributed by atoms with Crippen LogP contribution in [0, 0.1) is 5.92 Å². The van der Waals surface area contributed by atoms with Crippen molar-refractivity contribution in [3.8, 4) is 0 Å². The summed E-state index contributed by atoms with van der Waals surface area (Å²) in [4.78, 5) is 22.9. The van der Waals surface area contributed by atoms with Crippen LogP contribution in [0.25, 0.3) is 0 Å². The fourth-order valence-corrected chi connectivity index (χ4v) is 2.80. The Kier molecular flexibility index (Phi) is 8.69. The summed E-state index contributed by atoms with van der Waals surface area (Å²) in [5.41, 5.74) is 0. The summed E-state index contributed by atoms with van der Waals surface area (Å²) in [5, 5.41) is 14.4. The van der Waals surface area contributed by atoms with Gasteiger partial charge in [0.1, 0.15) is 6.04 Å². The molecule has 0 saturated carbocycles. The van der Waals surface area contributed by atoms with Crippen LogP contribution in [0.4, 0.5) is 4.79 Å². The second-order valence-electron chi connectivity index (χ2n) is 5.44. The molecular formula is C14H28N2O3S. The van der Waals surface area contributed by atoms with E-state index in [2.05, 4.69) is 24.5 Å². The molecule has 0 saturated heterocycles. The van der Waals surface area contributed by atoms with Crippen LogP contribution in [-0.4, -0.2) is 40.7 Å². The molecule has 0 fully saturated rings. The van der Waals surface area contributed by atoms with E-state index >= 15 is 0 Å². The van der Waals surface area contributed by atoms with Crippen LogP contribution in [0.1, 0.15) is 47.0 Å². The minimum Gasteiger partial charge on any atom is -0.480 e. The maximum Gasteiger partial charge on any atom is 0.326 e. The zero-order valence-corrected chi connectivity index (χ0v) is 14.0. The van der Waals surface area contributed by atoms with Crippen molar-refractivity contribution in [2.75, 3.05) is 12.8 Å². The first-order valence-electron chi connectivity index (χ1n) is 7.12. The first-order valence-corrected chi connectivity index (χ1v) is 8.35. The quantitative estimate of drug-likeness (QED) is 0.612. The lowest BCUT2D eigenvalue weighted by atomic mass is 10.0. The first kappa shape index (κ1) is 19.1. The molecule has 0 rings (SSSR count). The summed E-state index contributed by atoms with van der Waals surface area (Å²) in [6.45, 7) is 8.60. The number of carboxylic acid groups (broad SMARTS) is 1. The molecule has 0 bridgehead atoms. The lowest BCUT2D eigenvalue weighted by Crippen LogP contribution is -2.49. The number of thioether (sulfide) groups is 1. The van der Waals surface area contributed by atoms with Gasteiger partial charge in [0.25, 0.3) is 0 Å². The minimum absolute atomic E-state index is 0.0219. The molecular weight excluding hydrogens is 276 g/mol. The summed E-state index contributed by atoms with van der Waals surface area (Å²) < 4.78 is 0.0219. The number of carbonyl (C=O) groups excluding carboxylic acids is 1. The molecule has 0 aliphatic rings. The fourth-order valence-electron chi connectivity index (χ4n) is 2.00. The second-order valence-corrected chi connectivity index (χ2v) is 6.72. The fraction of sp³-hybridized carbons (Fsp3) is 0.857. The number of amides is 2. The van der Waals surface area contributed by atoms with E-state index in [1.807, 2.05) is 20.1 Å². The van der Waals surface area contributed by atoms with Crippen LogP contribution < -0.4 is 10.6 Å². The van der Waals surface area contributed by atoms with Crippen LogP contribution in [0.5, 0.6) is 0 Å². The van der Waals surface area contributed by atoms with Crippen molar-refractivity contribution in [2.45, 2.75) is 57.7 Å². The third-order valence-electron chi connectivity index (χ3n) is 3.60. The van der Waals surface area contributed by atoms with Crippen molar-refractivity contribution in [3.63, 3.8) is 0 Å². The molecule has 0 aliphatic heterocycles. The van der Waals surface area contributed by atoms with Crippen molar-refractivity contribution in [2.24, 2.45) is 5.92 Å². The van der Waals surface area contributed by atoms with Crippen LogP contribution in [0.15, 0.2) is 0 Å². The van der Waals surface area contributed by atoms with Gasteiger partial charge in [-0.2, -0.15) is 11.8 Å². The number of nitrogens with one attached hydrogen (secondary N) is 2. The molecule has 0 spiro atoms. The smallest absolute Gasteiger partial charge is 0.326 e. The molecule has 2 amide bonds. The van der Waals surface area contributed by atoms with E-state index in [-0.39, 0.29) is 10.7 Å². The number of urea groups is 1. The van der Waals surface area contributed by atoms with Crippen molar-refractivity contribution < 1.29 is 14.7 Å². The van der Waals surface area contributed by atoms with Gasteiger partial charge in [-0.1, -0.05) is 27.7 Å². The van der Waals surface area contributed by atoms with Crippen LogP contribution in [-0.2, 0) is 4.79 Å². The monoisotopic (exact) mass is 304 g/mol. The highest BCUT2D eigenvalue weighted by Crippen LogP contribution is 2.29. The van der Waals surface area contributed by atoms with Gasteiger partial charge in [-0.25, -0.2) is 9.59 Å². The molecule has 3 N–H and O–H groups in total. The zero-order chi connectivity index (χ0) is 15.8. The summed E-state index contributed by atoms with van der Waals surface area (Å²) in [7, 11) is 0. The van der Waals surface area contributed by atoms with Gasteiger partial charge in [0, 0.05) is 11.3 Å². The highest BCUT2D eigenvalue weighted by atomic mass is 32.2. The molecule has 0 radical (unpaired) electrons. The Hall–Kier alpha value is -0.910. The van der Waals surface area contributed by atoms with Crippen molar-refractivity contribution in [1.82, 2.24) is 10.6 Å². The summed E-state index contributed by atoms with van der Waals surface area (Å²) >= 11 is 1.74. The number of carbonyl (C=O) groups is 2. The predicted molar refractivity (Wildman–Crippen MR) is 84.2 cm³/mol. The van der Waals surface area contributed by atoms with Gasteiger partial charge in [-0.3, -0.25) is 0 Å². The Bertz CT molecular complexity index is 309. The first-order chi connectivity index (χ1) is 9.30. The molecule has 0 aliphatic carbocycles. The van der Waals surface area contributed by atoms with Gasteiger partial charge in [0.15, 0.2) is 0 Å². The number of hydrogen-bond donors (Lipinski definition) is 3. The number of aliphatic carboxylic acids is 1. The van der Waals surface area contributed by atoms with E-state index in [0.717, 1.165) is 12.8 Å². The minimum atomic E-state index is -0.990. The summed E-state index contributed by atoms with van der Waals surface area (Å²) in [5.74, 6) is -0.774. The molecule has 1 atom stereocenters. The number of hydrogen-bond acceptors (Lipinski definition) is 3. The van der Waals surface area contributed by atoms with Gasteiger partial charge in [0.05, 0.1) is 0 Å². The topological polar surface area (TPSA) is 78.4 Å². The average molecular weight is 304 g/mol. The standard InChI is InChI=1S/C14H28N2O3S/c1-6-14(7-2,20-5)9-15-13(19)16-11(12(17)18)8-10(3)4/h10-11H,6-9H2,1-5H3,(H,17,18)(H2,15,16,19)/t11-/m1/s1. The van der Waals surface area contributed by atoms with Gasteiger partial charge in [0.2, 0.25) is 0 Å². The second kappa shape index (κ2) is 9.10. The molecule has 6 heteroatoms. The molecule has 0 aromatic heterocycles. The third kappa shape index (κ3) is 6.50. The zero-order valence-electron chi connectivity index (χ0n) is 13.2. The van der Waals surface area contributed by atoms with Crippen molar-refractivity contribution >= 4 is 23.8 Å². The highest BCUT2D eigenvalue weighted by Gasteiger charge is 2.26. The molecule has 118 valence electrons. The number of carboxylic acids is 1. The molecule has 0 heterocycles. The van der Waals surface area contributed by atoms with Crippen LogP contribution >= 0.6 is 11.8 Å². The molecule has 0 unspecified atom stereocenters. The molecule has 20 heavy (non-hydrogen) atoms. The molecule has 0 aromatic carbocycles. The van der Waals surface area contributed by atoms with E-state index in [0.29, 0.717) is 13.0 Å². The SMILES string of the molecule is CCC(CC)(CNC(=O)N[C@H](CC(C)C)C(=O)O)SC. The van der Waals surface area contributed by atoms with Crippen LogP contribution in [0.3, 0.4) is 0 Å². The van der Waals surface area contributed by atoms with Gasteiger partial charge < -0.3 is 15.7 Å². The Morgan fingerprint density at radius 3 is 2.15 bits per heavy atom.